The Morgan fingerprint density at radius 1 is 1.61 bits per heavy atom. The van der Waals surface area contributed by atoms with Crippen LogP contribution in [0.2, 0.25) is 0 Å². The molecule has 0 spiro atoms. The van der Waals surface area contributed by atoms with Gasteiger partial charge in [0.1, 0.15) is 24.0 Å². The first-order valence-corrected chi connectivity index (χ1v) is 5.75. The van der Waals surface area contributed by atoms with Crippen LogP contribution >= 0.6 is 11.6 Å². The number of aromatic nitrogens is 2. The van der Waals surface area contributed by atoms with Crippen molar-refractivity contribution in [3.8, 4) is 0 Å². The number of aliphatic hydroxyl groups is 2. The highest BCUT2D eigenvalue weighted by Crippen LogP contribution is 2.21. The summed E-state index contributed by atoms with van der Waals surface area (Å²) in [5.41, 5.74) is 5.52. The van der Waals surface area contributed by atoms with Gasteiger partial charge in [-0.3, -0.25) is 4.79 Å². The van der Waals surface area contributed by atoms with Crippen molar-refractivity contribution in [2.75, 3.05) is 11.6 Å². The predicted molar refractivity (Wildman–Crippen MR) is 61.9 cm³/mol. The third-order valence-electron chi connectivity index (χ3n) is 2.68. The summed E-state index contributed by atoms with van der Waals surface area (Å²) in [5.74, 6) is -0.539. The van der Waals surface area contributed by atoms with E-state index in [-0.39, 0.29) is 17.4 Å². The molecule has 18 heavy (non-hydrogen) atoms. The minimum absolute atomic E-state index is 0.0107. The van der Waals surface area contributed by atoms with Gasteiger partial charge in [-0.1, -0.05) is 0 Å². The number of carbonyl (C=O) groups excluding carboxylic acids is 1. The second kappa shape index (κ2) is 5.11. The van der Waals surface area contributed by atoms with Crippen molar-refractivity contribution in [2.45, 2.75) is 24.5 Å². The number of H-pyrrole nitrogens is 1. The molecular weight excluding hydrogens is 264 g/mol. The van der Waals surface area contributed by atoms with Crippen LogP contribution in [-0.2, 0) is 4.74 Å². The third kappa shape index (κ3) is 2.27. The monoisotopic (exact) mass is 276 g/mol. The number of nitrogen functional groups attached to an aromatic ring is 1. The number of rotatable bonds is 3. The standard InChI is InChI=1S/C9H13ClN4O4/c10-1-3-5(15)6(16)9(18-3)14-8(17)4-7(11)13-2-12-4/h2-3,5-6,9,15-16H,1,11H2,(H,12,13)(H,14,17)/t3-,5-,6-,9-/m1/s1. The number of imidazole rings is 1. The first-order chi connectivity index (χ1) is 8.54. The molecule has 1 saturated heterocycles. The summed E-state index contributed by atoms with van der Waals surface area (Å²) in [6.07, 6.45) is -2.90. The van der Waals surface area contributed by atoms with Gasteiger partial charge in [-0.15, -0.1) is 11.6 Å². The molecule has 0 unspecified atom stereocenters. The second-order valence-electron chi connectivity index (χ2n) is 3.87. The van der Waals surface area contributed by atoms with E-state index in [0.717, 1.165) is 0 Å². The van der Waals surface area contributed by atoms with E-state index in [1.165, 1.54) is 6.33 Å². The average molecular weight is 277 g/mol. The van der Waals surface area contributed by atoms with Crippen LogP contribution in [-0.4, -0.2) is 56.5 Å². The zero-order valence-corrected chi connectivity index (χ0v) is 9.96. The van der Waals surface area contributed by atoms with Crippen LogP contribution in [0, 0.1) is 0 Å². The lowest BCUT2D eigenvalue weighted by Gasteiger charge is -2.15. The van der Waals surface area contributed by atoms with Crippen molar-refractivity contribution in [1.82, 2.24) is 15.3 Å². The maximum Gasteiger partial charge on any atom is 0.273 e. The molecule has 1 aromatic rings. The molecular formula is C9H13ClN4O4. The number of hydrogen-bond acceptors (Lipinski definition) is 6. The summed E-state index contributed by atoms with van der Waals surface area (Å²) in [6, 6.07) is 0. The Hall–Kier alpha value is -1.35. The summed E-state index contributed by atoms with van der Waals surface area (Å²) in [5, 5.41) is 21.6. The predicted octanol–water partition coefficient (Wildman–Crippen LogP) is -1.59. The smallest absolute Gasteiger partial charge is 0.273 e. The molecule has 1 fully saturated rings. The fourth-order valence-electron chi connectivity index (χ4n) is 1.68. The van der Waals surface area contributed by atoms with Gasteiger partial charge in [0.05, 0.1) is 12.2 Å². The molecule has 1 aliphatic heterocycles. The second-order valence-corrected chi connectivity index (χ2v) is 4.18. The number of aromatic amines is 1. The van der Waals surface area contributed by atoms with Gasteiger partial charge in [0.2, 0.25) is 0 Å². The Balaban J connectivity index is 2.03. The van der Waals surface area contributed by atoms with Crippen molar-refractivity contribution in [3.05, 3.63) is 12.0 Å². The van der Waals surface area contributed by atoms with E-state index in [0.29, 0.717) is 0 Å². The Labute approximate surface area is 107 Å². The van der Waals surface area contributed by atoms with Gasteiger partial charge in [0.15, 0.2) is 12.0 Å². The average Bonchev–Trinajstić information content (AvgIpc) is 2.88. The molecule has 0 aliphatic carbocycles. The summed E-state index contributed by atoms with van der Waals surface area (Å²) < 4.78 is 5.20. The van der Waals surface area contributed by atoms with Gasteiger partial charge in [0.25, 0.3) is 5.91 Å². The van der Waals surface area contributed by atoms with Crippen LogP contribution in [0.4, 0.5) is 5.82 Å². The quantitative estimate of drug-likeness (QED) is 0.423. The highest BCUT2D eigenvalue weighted by molar-refractivity contribution is 6.18. The Morgan fingerprint density at radius 3 is 2.83 bits per heavy atom. The molecule has 100 valence electrons. The number of nitrogens with two attached hydrogens (primary N) is 1. The Kier molecular flexibility index (Phi) is 3.71. The molecule has 0 radical (unpaired) electrons. The zero-order valence-electron chi connectivity index (χ0n) is 9.21. The number of carbonyl (C=O) groups is 1. The van der Waals surface area contributed by atoms with Gasteiger partial charge < -0.3 is 31.0 Å². The molecule has 9 heteroatoms. The number of anilines is 1. The molecule has 1 aromatic heterocycles. The van der Waals surface area contributed by atoms with E-state index in [2.05, 4.69) is 15.3 Å². The van der Waals surface area contributed by atoms with Crippen LogP contribution in [0.15, 0.2) is 6.33 Å². The number of amides is 1. The van der Waals surface area contributed by atoms with E-state index in [1.807, 2.05) is 0 Å². The van der Waals surface area contributed by atoms with Gasteiger partial charge in [0, 0.05) is 0 Å². The van der Waals surface area contributed by atoms with E-state index in [1.54, 1.807) is 0 Å². The van der Waals surface area contributed by atoms with Crippen molar-refractivity contribution in [1.29, 1.82) is 0 Å². The van der Waals surface area contributed by atoms with Gasteiger partial charge in [-0.05, 0) is 0 Å². The minimum Gasteiger partial charge on any atom is -0.387 e. The normalized spacial score (nSPS) is 31.5. The number of ether oxygens (including phenoxy) is 1. The highest BCUT2D eigenvalue weighted by Gasteiger charge is 2.43. The van der Waals surface area contributed by atoms with Crippen molar-refractivity contribution < 1.29 is 19.7 Å². The molecule has 8 nitrogen and oxygen atoms in total. The molecule has 2 rings (SSSR count). The fraction of sp³-hybridized carbons (Fsp3) is 0.556. The number of halogens is 1. The number of alkyl halides is 1. The lowest BCUT2D eigenvalue weighted by molar-refractivity contribution is -0.00203. The summed E-state index contributed by atoms with van der Waals surface area (Å²) in [6.45, 7) is 0. The molecule has 4 atom stereocenters. The van der Waals surface area contributed by atoms with E-state index >= 15 is 0 Å². The Bertz CT molecular complexity index is 440. The largest absolute Gasteiger partial charge is 0.387 e. The van der Waals surface area contributed by atoms with E-state index in [4.69, 9.17) is 22.1 Å². The number of nitrogens with one attached hydrogen (secondary N) is 2. The number of nitrogens with zero attached hydrogens (tertiary/aromatic N) is 1. The SMILES string of the molecule is Nc1nc[nH]c1C(=O)N[C@@H]1O[C@H](CCl)[C@@H](O)[C@H]1O. The lowest BCUT2D eigenvalue weighted by atomic mass is 10.1. The maximum absolute atomic E-state index is 11.8. The molecule has 1 aliphatic rings. The zero-order chi connectivity index (χ0) is 13.3. The van der Waals surface area contributed by atoms with Crippen molar-refractivity contribution in [3.63, 3.8) is 0 Å². The van der Waals surface area contributed by atoms with Gasteiger partial charge in [-0.25, -0.2) is 4.98 Å². The van der Waals surface area contributed by atoms with Crippen LogP contribution in [0.25, 0.3) is 0 Å². The molecule has 0 saturated carbocycles. The van der Waals surface area contributed by atoms with Crippen molar-refractivity contribution in [2.24, 2.45) is 0 Å². The first kappa shape index (κ1) is 13.1. The van der Waals surface area contributed by atoms with Crippen LogP contribution in [0.3, 0.4) is 0 Å². The third-order valence-corrected chi connectivity index (χ3v) is 2.99. The molecule has 6 N–H and O–H groups in total. The van der Waals surface area contributed by atoms with E-state index in [9.17, 15) is 15.0 Å². The van der Waals surface area contributed by atoms with Crippen LogP contribution < -0.4 is 11.1 Å². The number of aliphatic hydroxyl groups excluding tert-OH is 2. The molecule has 0 bridgehead atoms. The maximum atomic E-state index is 11.8. The first-order valence-electron chi connectivity index (χ1n) is 5.22. The Morgan fingerprint density at radius 2 is 2.33 bits per heavy atom. The summed E-state index contributed by atoms with van der Waals surface area (Å²) >= 11 is 5.55. The summed E-state index contributed by atoms with van der Waals surface area (Å²) in [4.78, 5) is 18.0. The fourth-order valence-corrected chi connectivity index (χ4v) is 1.94. The minimum atomic E-state index is -1.25. The molecule has 1 amide bonds. The highest BCUT2D eigenvalue weighted by atomic mass is 35.5. The lowest BCUT2D eigenvalue weighted by Crippen LogP contribution is -2.44. The topological polar surface area (TPSA) is 133 Å². The molecule has 2 heterocycles. The van der Waals surface area contributed by atoms with Gasteiger partial charge >= 0.3 is 0 Å². The van der Waals surface area contributed by atoms with Crippen molar-refractivity contribution >= 4 is 23.3 Å². The van der Waals surface area contributed by atoms with Crippen LogP contribution in [0.1, 0.15) is 10.5 Å². The van der Waals surface area contributed by atoms with Gasteiger partial charge in [-0.2, -0.15) is 0 Å². The number of hydrogen-bond donors (Lipinski definition) is 5. The van der Waals surface area contributed by atoms with E-state index < -0.39 is 30.4 Å². The van der Waals surface area contributed by atoms with Crippen LogP contribution in [0.5, 0.6) is 0 Å². The summed E-state index contributed by atoms with van der Waals surface area (Å²) in [7, 11) is 0. The molecule has 0 aromatic carbocycles.